The quantitative estimate of drug-likeness (QED) is 0.326. The van der Waals surface area contributed by atoms with Gasteiger partial charge in [0.15, 0.2) is 0 Å². The van der Waals surface area contributed by atoms with Crippen molar-refractivity contribution in [1.29, 1.82) is 0 Å². The second kappa shape index (κ2) is 13.9. The van der Waals surface area contributed by atoms with E-state index in [9.17, 15) is 14.4 Å². The van der Waals surface area contributed by atoms with Crippen LogP contribution in [0, 0.1) is 0 Å². The molecule has 0 atom stereocenters. The number of esters is 2. The summed E-state index contributed by atoms with van der Waals surface area (Å²) in [5, 5.41) is -0.0119. The Labute approximate surface area is 187 Å². The summed E-state index contributed by atoms with van der Waals surface area (Å²) in [7, 11) is 4.01. The highest BCUT2D eigenvalue weighted by Crippen LogP contribution is 2.15. The molecule has 0 aliphatic heterocycles. The van der Waals surface area contributed by atoms with Crippen molar-refractivity contribution in [2.24, 2.45) is 0 Å². The largest absolute Gasteiger partial charge is 0.460 e. The van der Waals surface area contributed by atoms with E-state index in [2.05, 4.69) is 4.90 Å². The van der Waals surface area contributed by atoms with Gasteiger partial charge in [-0.1, -0.05) is 11.8 Å². The first-order valence-electron chi connectivity index (χ1n) is 10.7. The fourth-order valence-corrected chi connectivity index (χ4v) is 3.35. The van der Waals surface area contributed by atoms with Crippen LogP contribution >= 0.6 is 11.8 Å². The van der Waals surface area contributed by atoms with Gasteiger partial charge in [-0.3, -0.25) is 14.4 Å². The van der Waals surface area contributed by atoms with Crippen molar-refractivity contribution in [2.45, 2.75) is 84.8 Å². The number of rotatable bonds is 12. The number of carbonyl (C=O) groups excluding carboxylic acids is 3. The zero-order chi connectivity index (χ0) is 23.4. The van der Waals surface area contributed by atoms with Gasteiger partial charge in [0, 0.05) is 31.7 Å². The molecule has 0 fully saturated rings. The highest BCUT2D eigenvalue weighted by molar-refractivity contribution is 8.13. The van der Waals surface area contributed by atoms with Gasteiger partial charge in [-0.15, -0.1) is 0 Å². The molecule has 8 heteroatoms. The molecule has 0 N–H and O–H groups in total. The van der Waals surface area contributed by atoms with E-state index in [1.807, 2.05) is 55.6 Å². The summed E-state index contributed by atoms with van der Waals surface area (Å²) >= 11 is 1.29. The minimum atomic E-state index is -0.512. The smallest absolute Gasteiger partial charge is 0.306 e. The number of amides is 1. The van der Waals surface area contributed by atoms with Crippen LogP contribution in [0.4, 0.5) is 4.79 Å². The maximum Gasteiger partial charge on any atom is 0.306 e. The molecule has 7 nitrogen and oxygen atoms in total. The lowest BCUT2D eigenvalue weighted by Gasteiger charge is -2.24. The van der Waals surface area contributed by atoms with E-state index >= 15 is 0 Å². The van der Waals surface area contributed by atoms with Crippen LogP contribution in [0.25, 0.3) is 0 Å². The van der Waals surface area contributed by atoms with Gasteiger partial charge in [-0.25, -0.2) is 0 Å². The minimum absolute atomic E-state index is 0.0119. The number of carbonyl (C=O) groups is 3. The molecule has 1 amide bonds. The van der Waals surface area contributed by atoms with E-state index < -0.39 is 11.2 Å². The van der Waals surface area contributed by atoms with Crippen LogP contribution in [-0.4, -0.2) is 77.7 Å². The summed E-state index contributed by atoms with van der Waals surface area (Å²) in [6.45, 7) is 12.9. The predicted octanol–water partition coefficient (Wildman–Crippen LogP) is 4.34. The van der Waals surface area contributed by atoms with Crippen LogP contribution in [0.5, 0.6) is 0 Å². The summed E-state index contributed by atoms with van der Waals surface area (Å²) in [4.78, 5) is 40.3. The highest BCUT2D eigenvalue weighted by atomic mass is 32.2. The molecule has 0 rings (SSSR count). The van der Waals surface area contributed by atoms with Crippen LogP contribution in [0.1, 0.15) is 73.6 Å². The molecule has 0 bridgehead atoms. The van der Waals surface area contributed by atoms with Crippen molar-refractivity contribution in [3.05, 3.63) is 0 Å². The third-order valence-corrected chi connectivity index (χ3v) is 4.69. The SMILES string of the molecule is CN(C)CCCSC(=O)N(CCCC(=O)OC(C)(C)C)CCCC(=O)OC(C)(C)C. The normalized spacial score (nSPS) is 12.0. The summed E-state index contributed by atoms with van der Waals surface area (Å²) in [5.41, 5.74) is -1.02. The molecule has 0 aromatic rings. The van der Waals surface area contributed by atoms with Crippen LogP contribution < -0.4 is 0 Å². The van der Waals surface area contributed by atoms with Crippen molar-refractivity contribution >= 4 is 28.9 Å². The Bertz CT molecular complexity index is 505. The van der Waals surface area contributed by atoms with Gasteiger partial charge >= 0.3 is 11.9 Å². The van der Waals surface area contributed by atoms with Crippen LogP contribution in [0.2, 0.25) is 0 Å². The topological polar surface area (TPSA) is 76.2 Å². The zero-order valence-electron chi connectivity index (χ0n) is 20.2. The molecule has 176 valence electrons. The number of hydrogen-bond acceptors (Lipinski definition) is 7. The Kier molecular flexibility index (Phi) is 13.3. The number of hydrogen-bond donors (Lipinski definition) is 0. The molecule has 0 radical (unpaired) electrons. The van der Waals surface area contributed by atoms with Gasteiger partial charge in [0.05, 0.1) is 0 Å². The Hall–Kier alpha value is -1.28. The second-order valence-corrected chi connectivity index (χ2v) is 10.7. The third kappa shape index (κ3) is 17.6. The Morgan fingerprint density at radius 3 is 1.53 bits per heavy atom. The second-order valence-electron chi connectivity index (χ2n) is 9.64. The van der Waals surface area contributed by atoms with E-state index in [4.69, 9.17) is 9.47 Å². The van der Waals surface area contributed by atoms with Crippen molar-refractivity contribution in [2.75, 3.05) is 39.5 Å². The number of thioether (sulfide) groups is 1. The molecule has 0 saturated carbocycles. The van der Waals surface area contributed by atoms with Crippen molar-refractivity contribution in [3.8, 4) is 0 Å². The minimum Gasteiger partial charge on any atom is -0.460 e. The monoisotopic (exact) mass is 446 g/mol. The van der Waals surface area contributed by atoms with E-state index in [1.54, 1.807) is 4.90 Å². The summed E-state index contributed by atoms with van der Waals surface area (Å²) in [6.07, 6.45) is 2.51. The third-order valence-electron chi connectivity index (χ3n) is 3.69. The standard InChI is InChI=1S/C22H42N2O5S/c1-21(2,3)28-18(25)12-9-15-24(20(27)30-17-11-14-23(7)8)16-10-13-19(26)29-22(4,5)6/h9-17H2,1-8H3. The molecule has 0 aromatic heterocycles. The molecule has 0 aliphatic rings. The first-order valence-corrected chi connectivity index (χ1v) is 11.7. The molecular weight excluding hydrogens is 404 g/mol. The van der Waals surface area contributed by atoms with Gasteiger partial charge in [0.1, 0.15) is 11.2 Å². The van der Waals surface area contributed by atoms with Gasteiger partial charge in [0.25, 0.3) is 5.24 Å². The van der Waals surface area contributed by atoms with E-state index in [0.29, 0.717) is 25.9 Å². The Morgan fingerprint density at radius 1 is 0.733 bits per heavy atom. The summed E-state index contributed by atoms with van der Waals surface area (Å²) in [5.74, 6) is 0.218. The molecular formula is C22H42N2O5S. The van der Waals surface area contributed by atoms with Gasteiger partial charge in [-0.2, -0.15) is 0 Å². The summed E-state index contributed by atoms with van der Waals surface area (Å²) < 4.78 is 10.7. The van der Waals surface area contributed by atoms with Gasteiger partial charge < -0.3 is 19.3 Å². The fraction of sp³-hybridized carbons (Fsp3) is 0.864. The van der Waals surface area contributed by atoms with Gasteiger partial charge in [-0.05, 0) is 81.4 Å². The maximum absolute atomic E-state index is 12.6. The van der Waals surface area contributed by atoms with Gasteiger partial charge in [0.2, 0.25) is 0 Å². The fourth-order valence-electron chi connectivity index (χ4n) is 2.54. The molecule has 0 spiro atoms. The molecule has 0 aliphatic carbocycles. The average molecular weight is 447 g/mol. The maximum atomic E-state index is 12.6. The zero-order valence-corrected chi connectivity index (χ0v) is 21.0. The lowest BCUT2D eigenvalue weighted by molar-refractivity contribution is -0.155. The lowest BCUT2D eigenvalue weighted by Crippen LogP contribution is -2.32. The number of nitrogens with zero attached hydrogens (tertiary/aromatic N) is 2. The van der Waals surface area contributed by atoms with Crippen LogP contribution in [0.3, 0.4) is 0 Å². The molecule has 30 heavy (non-hydrogen) atoms. The molecule has 0 saturated heterocycles. The van der Waals surface area contributed by atoms with E-state index in [1.165, 1.54) is 11.8 Å². The van der Waals surface area contributed by atoms with Crippen LogP contribution in [-0.2, 0) is 19.1 Å². The lowest BCUT2D eigenvalue weighted by atomic mass is 10.2. The highest BCUT2D eigenvalue weighted by Gasteiger charge is 2.20. The van der Waals surface area contributed by atoms with Crippen molar-refractivity contribution < 1.29 is 23.9 Å². The first kappa shape index (κ1) is 28.7. The predicted molar refractivity (Wildman–Crippen MR) is 123 cm³/mol. The Morgan fingerprint density at radius 2 is 1.17 bits per heavy atom. The van der Waals surface area contributed by atoms with Crippen molar-refractivity contribution in [1.82, 2.24) is 9.80 Å². The van der Waals surface area contributed by atoms with Crippen molar-refractivity contribution in [3.63, 3.8) is 0 Å². The molecule has 0 unspecified atom stereocenters. The molecule has 0 aromatic carbocycles. The Balaban J connectivity index is 4.58. The van der Waals surface area contributed by atoms with E-state index in [-0.39, 0.29) is 30.0 Å². The van der Waals surface area contributed by atoms with Crippen LogP contribution in [0.15, 0.2) is 0 Å². The summed E-state index contributed by atoms with van der Waals surface area (Å²) in [6, 6.07) is 0. The average Bonchev–Trinajstić information content (AvgIpc) is 2.53. The number of ether oxygens (including phenoxy) is 2. The first-order chi connectivity index (χ1) is 13.7. The van der Waals surface area contributed by atoms with E-state index in [0.717, 1.165) is 18.7 Å². The molecule has 0 heterocycles.